The van der Waals surface area contributed by atoms with E-state index < -0.39 is 0 Å². The first-order valence-corrected chi connectivity index (χ1v) is 7.60. The third-order valence-electron chi connectivity index (χ3n) is 3.75. The number of nitrogens with zero attached hydrogens (tertiary/aromatic N) is 2. The zero-order valence-corrected chi connectivity index (χ0v) is 13.6. The number of ether oxygens (including phenoxy) is 1. The van der Waals surface area contributed by atoms with Crippen LogP contribution in [0.25, 0.3) is 0 Å². The van der Waals surface area contributed by atoms with E-state index in [-0.39, 0.29) is 24.1 Å². The molecule has 6 nitrogen and oxygen atoms in total. The van der Waals surface area contributed by atoms with Gasteiger partial charge in [0, 0.05) is 22.3 Å². The minimum absolute atomic E-state index is 0.162. The van der Waals surface area contributed by atoms with Crippen molar-refractivity contribution in [3.63, 3.8) is 0 Å². The molecular formula is C16H16ClN3O3. The van der Waals surface area contributed by atoms with Crippen LogP contribution in [0.3, 0.4) is 0 Å². The summed E-state index contributed by atoms with van der Waals surface area (Å²) in [6, 6.07) is 6.71. The van der Waals surface area contributed by atoms with E-state index in [1.807, 2.05) is 19.9 Å². The molecule has 0 fully saturated rings. The summed E-state index contributed by atoms with van der Waals surface area (Å²) in [6.07, 6.45) is -0.171. The quantitative estimate of drug-likeness (QED) is 0.936. The highest BCUT2D eigenvalue weighted by Gasteiger charge is 2.23. The molecule has 7 heteroatoms. The van der Waals surface area contributed by atoms with Crippen molar-refractivity contribution in [3.05, 3.63) is 56.5 Å². The Morgan fingerprint density at radius 2 is 2.26 bits per heavy atom. The third-order valence-corrected chi connectivity index (χ3v) is 3.99. The van der Waals surface area contributed by atoms with Crippen molar-refractivity contribution < 1.29 is 9.53 Å². The first kappa shape index (κ1) is 15.7. The zero-order chi connectivity index (χ0) is 16.6. The highest BCUT2D eigenvalue weighted by Crippen LogP contribution is 2.26. The van der Waals surface area contributed by atoms with Crippen molar-refractivity contribution >= 4 is 23.2 Å². The van der Waals surface area contributed by atoms with Crippen LogP contribution in [0.2, 0.25) is 5.02 Å². The maximum atomic E-state index is 12.2. The second-order valence-corrected chi connectivity index (χ2v) is 5.95. The molecule has 120 valence electrons. The van der Waals surface area contributed by atoms with Crippen LogP contribution < -0.4 is 10.9 Å². The molecule has 0 saturated heterocycles. The van der Waals surface area contributed by atoms with Gasteiger partial charge in [0.15, 0.2) is 0 Å². The Morgan fingerprint density at radius 3 is 3.04 bits per heavy atom. The highest BCUT2D eigenvalue weighted by molar-refractivity contribution is 6.31. The summed E-state index contributed by atoms with van der Waals surface area (Å²) in [5, 5.41) is 7.53. The van der Waals surface area contributed by atoms with Gasteiger partial charge in [0.05, 0.1) is 18.4 Å². The Bertz CT molecular complexity index is 832. The number of carbonyl (C=O) groups excluding carboxylic acids is 1. The Morgan fingerprint density at radius 1 is 1.48 bits per heavy atom. The van der Waals surface area contributed by atoms with E-state index in [2.05, 4.69) is 10.4 Å². The van der Waals surface area contributed by atoms with E-state index in [1.54, 1.807) is 12.1 Å². The fraction of sp³-hybridized carbons (Fsp3) is 0.312. The van der Waals surface area contributed by atoms with Crippen molar-refractivity contribution in [2.45, 2.75) is 33.1 Å². The largest absolute Gasteiger partial charge is 0.367 e. The second-order valence-electron chi connectivity index (χ2n) is 5.51. The molecule has 0 spiro atoms. The SMILES string of the molecule is Cc1ccc(Cl)cc1NC(=O)Cn1nc2c(cc1=O)COC2C. The maximum absolute atomic E-state index is 12.2. The molecule has 0 bridgehead atoms. The molecular weight excluding hydrogens is 318 g/mol. The van der Waals surface area contributed by atoms with Gasteiger partial charge in [-0.25, -0.2) is 4.68 Å². The lowest BCUT2D eigenvalue weighted by Gasteiger charge is -2.11. The number of halogens is 1. The summed E-state index contributed by atoms with van der Waals surface area (Å²) < 4.78 is 6.58. The molecule has 0 saturated carbocycles. The molecule has 1 aromatic heterocycles. The van der Waals surface area contributed by atoms with Crippen molar-refractivity contribution in [1.82, 2.24) is 9.78 Å². The van der Waals surface area contributed by atoms with Gasteiger partial charge in [0.2, 0.25) is 5.91 Å². The number of fused-ring (bicyclic) bond motifs is 1. The number of hydrogen-bond donors (Lipinski definition) is 1. The van der Waals surface area contributed by atoms with Crippen LogP contribution in [-0.2, 0) is 22.7 Å². The molecule has 3 rings (SSSR count). The Hall–Kier alpha value is -2.18. The van der Waals surface area contributed by atoms with E-state index >= 15 is 0 Å². The molecule has 1 amide bonds. The summed E-state index contributed by atoms with van der Waals surface area (Å²) in [5.41, 5.74) is 2.67. The Balaban J connectivity index is 1.80. The number of benzene rings is 1. The van der Waals surface area contributed by atoms with Gasteiger partial charge >= 0.3 is 0 Å². The molecule has 2 heterocycles. The van der Waals surface area contributed by atoms with Gasteiger partial charge in [-0.2, -0.15) is 5.10 Å². The second kappa shape index (κ2) is 6.14. The van der Waals surface area contributed by atoms with Gasteiger partial charge in [-0.05, 0) is 31.5 Å². The summed E-state index contributed by atoms with van der Waals surface area (Å²) in [5.74, 6) is -0.337. The minimum Gasteiger partial charge on any atom is -0.367 e. The predicted molar refractivity (Wildman–Crippen MR) is 86.5 cm³/mol. The van der Waals surface area contributed by atoms with E-state index in [0.29, 0.717) is 23.0 Å². The topological polar surface area (TPSA) is 73.2 Å². The lowest BCUT2D eigenvalue weighted by atomic mass is 10.2. The lowest BCUT2D eigenvalue weighted by molar-refractivity contribution is -0.117. The predicted octanol–water partition coefficient (Wildman–Crippen LogP) is 2.44. The van der Waals surface area contributed by atoms with E-state index in [0.717, 1.165) is 15.8 Å². The average molecular weight is 334 g/mol. The molecule has 1 aliphatic rings. The molecule has 1 aliphatic heterocycles. The molecule has 1 aromatic carbocycles. The smallest absolute Gasteiger partial charge is 0.267 e. The van der Waals surface area contributed by atoms with Crippen molar-refractivity contribution in [3.8, 4) is 0 Å². The monoisotopic (exact) mass is 333 g/mol. The van der Waals surface area contributed by atoms with E-state index in [4.69, 9.17) is 16.3 Å². The van der Waals surface area contributed by atoms with Crippen LogP contribution in [0.15, 0.2) is 29.1 Å². The van der Waals surface area contributed by atoms with Crippen LogP contribution in [0.4, 0.5) is 5.69 Å². The van der Waals surface area contributed by atoms with Crippen molar-refractivity contribution in [1.29, 1.82) is 0 Å². The van der Waals surface area contributed by atoms with E-state index in [9.17, 15) is 9.59 Å². The molecule has 0 aliphatic carbocycles. The molecule has 1 unspecified atom stereocenters. The van der Waals surface area contributed by atoms with Crippen LogP contribution >= 0.6 is 11.6 Å². The minimum atomic E-state index is -0.337. The number of amides is 1. The molecule has 23 heavy (non-hydrogen) atoms. The number of aromatic nitrogens is 2. The third kappa shape index (κ3) is 3.28. The number of nitrogens with one attached hydrogen (secondary N) is 1. The standard InChI is InChI=1S/C16H16ClN3O3/c1-9-3-4-12(17)6-13(9)18-14(21)7-20-15(22)5-11-8-23-10(2)16(11)19-20/h3-6,10H,7-8H2,1-2H3,(H,18,21). The fourth-order valence-electron chi connectivity index (χ4n) is 2.46. The molecule has 2 aromatic rings. The maximum Gasteiger partial charge on any atom is 0.267 e. The lowest BCUT2D eigenvalue weighted by Crippen LogP contribution is -2.30. The van der Waals surface area contributed by atoms with Crippen molar-refractivity contribution in [2.75, 3.05) is 5.32 Å². The first-order chi connectivity index (χ1) is 10.9. The van der Waals surface area contributed by atoms with E-state index in [1.165, 1.54) is 6.07 Å². The summed E-state index contributed by atoms with van der Waals surface area (Å²) >= 11 is 5.93. The van der Waals surface area contributed by atoms with Crippen LogP contribution in [0.5, 0.6) is 0 Å². The normalized spacial score (nSPS) is 16.2. The van der Waals surface area contributed by atoms with Crippen molar-refractivity contribution in [2.24, 2.45) is 0 Å². The Labute approximate surface area is 138 Å². The van der Waals surface area contributed by atoms with Gasteiger partial charge in [-0.1, -0.05) is 17.7 Å². The number of hydrogen-bond acceptors (Lipinski definition) is 4. The summed E-state index contributed by atoms with van der Waals surface area (Å²) in [4.78, 5) is 24.2. The Kier molecular flexibility index (Phi) is 4.19. The number of rotatable bonds is 3. The van der Waals surface area contributed by atoms with Gasteiger partial charge in [-0.3, -0.25) is 9.59 Å². The summed E-state index contributed by atoms with van der Waals surface area (Å²) in [6.45, 7) is 3.95. The average Bonchev–Trinajstić information content (AvgIpc) is 2.84. The van der Waals surface area contributed by atoms with Crippen LogP contribution in [-0.4, -0.2) is 15.7 Å². The first-order valence-electron chi connectivity index (χ1n) is 7.22. The molecule has 1 N–H and O–H groups in total. The summed E-state index contributed by atoms with van der Waals surface area (Å²) in [7, 11) is 0. The van der Waals surface area contributed by atoms with Gasteiger partial charge in [-0.15, -0.1) is 0 Å². The van der Waals surface area contributed by atoms with Gasteiger partial charge < -0.3 is 10.1 Å². The van der Waals surface area contributed by atoms with Crippen LogP contribution in [0.1, 0.15) is 29.8 Å². The fourth-order valence-corrected chi connectivity index (χ4v) is 2.63. The molecule has 1 atom stereocenters. The zero-order valence-electron chi connectivity index (χ0n) is 12.8. The number of anilines is 1. The van der Waals surface area contributed by atoms with Crippen LogP contribution in [0, 0.1) is 6.92 Å². The van der Waals surface area contributed by atoms with Gasteiger partial charge in [0.1, 0.15) is 6.54 Å². The highest BCUT2D eigenvalue weighted by atomic mass is 35.5. The van der Waals surface area contributed by atoms with Gasteiger partial charge in [0.25, 0.3) is 5.56 Å². The molecule has 0 radical (unpaired) electrons. The number of carbonyl (C=O) groups is 1. The number of aryl methyl sites for hydroxylation is 1.